The Morgan fingerprint density at radius 2 is 2.05 bits per heavy atom. The molecule has 2 atom stereocenters. The maximum atomic E-state index is 13.9. The Bertz CT molecular complexity index is 675. The van der Waals surface area contributed by atoms with Crippen molar-refractivity contribution >= 4 is 11.6 Å². The summed E-state index contributed by atoms with van der Waals surface area (Å²) >= 11 is 5.91. The van der Waals surface area contributed by atoms with E-state index in [2.05, 4.69) is 0 Å². The van der Waals surface area contributed by atoms with Gasteiger partial charge in [-0.15, -0.1) is 0 Å². The predicted octanol–water partition coefficient (Wildman–Crippen LogP) is 4.04. The molecule has 0 spiro atoms. The van der Waals surface area contributed by atoms with E-state index in [0.717, 1.165) is 0 Å². The lowest BCUT2D eigenvalue weighted by molar-refractivity contribution is 0.0637. The van der Waals surface area contributed by atoms with Crippen LogP contribution in [-0.4, -0.2) is 12.2 Å². The van der Waals surface area contributed by atoms with Gasteiger partial charge in [0, 0.05) is 22.6 Å². The van der Waals surface area contributed by atoms with Crippen molar-refractivity contribution in [2.75, 3.05) is 7.11 Å². The minimum Gasteiger partial charge on any atom is -0.497 e. The zero-order valence-corrected chi connectivity index (χ0v) is 12.1. The van der Waals surface area contributed by atoms with Crippen LogP contribution in [0.1, 0.15) is 29.8 Å². The van der Waals surface area contributed by atoms with Crippen LogP contribution >= 0.6 is 11.6 Å². The number of aliphatic hydroxyl groups excluding tert-OH is 1. The molecular formula is C16H14ClFO3. The van der Waals surface area contributed by atoms with E-state index in [1.807, 2.05) is 0 Å². The van der Waals surface area contributed by atoms with Crippen LogP contribution in [0.3, 0.4) is 0 Å². The van der Waals surface area contributed by atoms with E-state index in [0.29, 0.717) is 27.6 Å². The fourth-order valence-electron chi connectivity index (χ4n) is 2.50. The van der Waals surface area contributed by atoms with Gasteiger partial charge in [-0.25, -0.2) is 4.39 Å². The second kappa shape index (κ2) is 5.54. The standard InChI is InChI=1S/C16H14ClFO3/c1-20-10-3-5-15-12(7-10)14(19)8-16(21-15)11-6-9(17)2-4-13(11)18/h2-7,14,16,19H,8H2,1H3/t14-,16?/m1/s1. The van der Waals surface area contributed by atoms with Crippen LogP contribution in [0.2, 0.25) is 5.02 Å². The van der Waals surface area contributed by atoms with E-state index in [1.165, 1.54) is 18.2 Å². The first-order valence-electron chi connectivity index (χ1n) is 6.56. The van der Waals surface area contributed by atoms with E-state index in [1.54, 1.807) is 25.3 Å². The van der Waals surface area contributed by atoms with Crippen LogP contribution in [0, 0.1) is 5.82 Å². The molecule has 1 aliphatic rings. The van der Waals surface area contributed by atoms with E-state index in [-0.39, 0.29) is 6.42 Å². The number of rotatable bonds is 2. The molecule has 2 aromatic carbocycles. The van der Waals surface area contributed by atoms with Crippen LogP contribution < -0.4 is 9.47 Å². The Labute approximate surface area is 126 Å². The molecule has 0 fully saturated rings. The largest absolute Gasteiger partial charge is 0.497 e. The second-order valence-corrected chi connectivity index (χ2v) is 5.36. The minimum absolute atomic E-state index is 0.261. The predicted molar refractivity (Wildman–Crippen MR) is 77.3 cm³/mol. The van der Waals surface area contributed by atoms with Gasteiger partial charge >= 0.3 is 0 Å². The Hall–Kier alpha value is -1.78. The monoisotopic (exact) mass is 308 g/mol. The SMILES string of the molecule is COc1ccc2c(c1)[C@H](O)CC(c1cc(Cl)ccc1F)O2. The van der Waals surface area contributed by atoms with Gasteiger partial charge in [0.15, 0.2) is 0 Å². The van der Waals surface area contributed by atoms with E-state index < -0.39 is 18.0 Å². The summed E-state index contributed by atoms with van der Waals surface area (Å²) in [6, 6.07) is 9.50. The summed E-state index contributed by atoms with van der Waals surface area (Å²) in [7, 11) is 1.56. The van der Waals surface area contributed by atoms with Gasteiger partial charge in [0.1, 0.15) is 23.4 Å². The van der Waals surface area contributed by atoms with Crippen molar-refractivity contribution in [1.29, 1.82) is 0 Å². The first-order chi connectivity index (χ1) is 10.1. The molecule has 1 aliphatic heterocycles. The highest BCUT2D eigenvalue weighted by molar-refractivity contribution is 6.30. The number of benzene rings is 2. The Balaban J connectivity index is 1.96. The van der Waals surface area contributed by atoms with E-state index >= 15 is 0 Å². The molecule has 0 aromatic heterocycles. The van der Waals surface area contributed by atoms with E-state index in [4.69, 9.17) is 21.1 Å². The lowest BCUT2D eigenvalue weighted by Crippen LogP contribution is -2.20. The maximum absolute atomic E-state index is 13.9. The number of methoxy groups -OCH3 is 1. The molecule has 3 rings (SSSR count). The lowest BCUT2D eigenvalue weighted by atomic mass is 9.94. The maximum Gasteiger partial charge on any atom is 0.130 e. The van der Waals surface area contributed by atoms with Gasteiger partial charge in [0.2, 0.25) is 0 Å². The van der Waals surface area contributed by atoms with Gasteiger partial charge in [0.05, 0.1) is 13.2 Å². The Kier molecular flexibility index (Phi) is 3.74. The van der Waals surface area contributed by atoms with Crippen molar-refractivity contribution in [2.45, 2.75) is 18.6 Å². The Morgan fingerprint density at radius 1 is 1.24 bits per heavy atom. The molecule has 2 aromatic rings. The third kappa shape index (κ3) is 2.69. The summed E-state index contributed by atoms with van der Waals surface area (Å²) in [4.78, 5) is 0. The van der Waals surface area contributed by atoms with Crippen LogP contribution in [0.4, 0.5) is 4.39 Å². The Morgan fingerprint density at radius 3 is 2.81 bits per heavy atom. The molecule has 0 radical (unpaired) electrons. The molecule has 1 N–H and O–H groups in total. The molecule has 0 bridgehead atoms. The molecule has 3 nitrogen and oxygen atoms in total. The number of fused-ring (bicyclic) bond motifs is 1. The zero-order valence-electron chi connectivity index (χ0n) is 11.3. The van der Waals surface area contributed by atoms with Crippen LogP contribution in [0.15, 0.2) is 36.4 Å². The van der Waals surface area contributed by atoms with Gasteiger partial charge in [-0.2, -0.15) is 0 Å². The van der Waals surface area contributed by atoms with Gasteiger partial charge in [-0.3, -0.25) is 0 Å². The summed E-state index contributed by atoms with van der Waals surface area (Å²) < 4.78 is 24.9. The molecule has 0 saturated heterocycles. The highest BCUT2D eigenvalue weighted by Crippen LogP contribution is 2.43. The molecule has 0 saturated carbocycles. The van der Waals surface area contributed by atoms with Crippen molar-refractivity contribution in [2.24, 2.45) is 0 Å². The summed E-state index contributed by atoms with van der Waals surface area (Å²) in [5.74, 6) is 0.774. The van der Waals surface area contributed by atoms with Crippen molar-refractivity contribution < 1.29 is 19.0 Å². The lowest BCUT2D eigenvalue weighted by Gasteiger charge is -2.30. The van der Waals surface area contributed by atoms with Crippen LogP contribution in [0.5, 0.6) is 11.5 Å². The minimum atomic E-state index is -0.743. The highest BCUT2D eigenvalue weighted by atomic mass is 35.5. The number of hydrogen-bond donors (Lipinski definition) is 1. The highest BCUT2D eigenvalue weighted by Gasteiger charge is 2.30. The molecule has 0 amide bonds. The quantitative estimate of drug-likeness (QED) is 0.910. The van der Waals surface area contributed by atoms with Crippen LogP contribution in [-0.2, 0) is 0 Å². The first kappa shape index (κ1) is 14.2. The molecule has 1 heterocycles. The third-order valence-electron chi connectivity index (χ3n) is 3.59. The van der Waals surface area contributed by atoms with Crippen molar-refractivity contribution in [3.8, 4) is 11.5 Å². The third-order valence-corrected chi connectivity index (χ3v) is 3.82. The normalized spacial score (nSPS) is 20.6. The van der Waals surface area contributed by atoms with Crippen molar-refractivity contribution in [1.82, 2.24) is 0 Å². The fourth-order valence-corrected chi connectivity index (χ4v) is 2.68. The van der Waals surface area contributed by atoms with Gasteiger partial charge < -0.3 is 14.6 Å². The fraction of sp³-hybridized carbons (Fsp3) is 0.250. The van der Waals surface area contributed by atoms with Crippen LogP contribution in [0.25, 0.3) is 0 Å². The molecule has 0 aliphatic carbocycles. The summed E-state index contributed by atoms with van der Waals surface area (Å²) in [5, 5.41) is 10.7. The zero-order chi connectivity index (χ0) is 15.0. The number of hydrogen-bond acceptors (Lipinski definition) is 3. The molecule has 1 unspecified atom stereocenters. The topological polar surface area (TPSA) is 38.7 Å². The first-order valence-corrected chi connectivity index (χ1v) is 6.94. The number of ether oxygens (including phenoxy) is 2. The number of aliphatic hydroxyl groups is 1. The average Bonchev–Trinajstić information content (AvgIpc) is 2.49. The molecular weight excluding hydrogens is 295 g/mol. The number of halogens is 2. The van der Waals surface area contributed by atoms with Gasteiger partial charge in [-0.1, -0.05) is 11.6 Å². The summed E-state index contributed by atoms with van der Waals surface area (Å²) in [5.41, 5.74) is 0.996. The van der Waals surface area contributed by atoms with Gasteiger partial charge in [0.25, 0.3) is 0 Å². The average molecular weight is 309 g/mol. The molecule has 21 heavy (non-hydrogen) atoms. The molecule has 5 heteroatoms. The van der Waals surface area contributed by atoms with Gasteiger partial charge in [-0.05, 0) is 36.4 Å². The van der Waals surface area contributed by atoms with Crippen molar-refractivity contribution in [3.63, 3.8) is 0 Å². The second-order valence-electron chi connectivity index (χ2n) is 4.93. The van der Waals surface area contributed by atoms with Crippen molar-refractivity contribution in [3.05, 3.63) is 58.4 Å². The summed E-state index contributed by atoms with van der Waals surface area (Å²) in [6.45, 7) is 0. The molecule has 110 valence electrons. The van der Waals surface area contributed by atoms with E-state index in [9.17, 15) is 9.50 Å². The summed E-state index contributed by atoms with van der Waals surface area (Å²) in [6.07, 6.45) is -1.05. The smallest absolute Gasteiger partial charge is 0.130 e.